The molecule has 4 aromatic heterocycles. The number of hydrogen-bond donors (Lipinski definition) is 0. The topological polar surface area (TPSA) is 107 Å². The fourth-order valence-corrected chi connectivity index (χ4v) is 9.43. The highest BCUT2D eigenvalue weighted by Crippen LogP contribution is 2.38. The van der Waals surface area contributed by atoms with Gasteiger partial charge >= 0.3 is 11.9 Å². The van der Waals surface area contributed by atoms with Gasteiger partial charge in [-0.05, 0) is 110 Å². The van der Waals surface area contributed by atoms with Crippen molar-refractivity contribution in [3.05, 3.63) is 192 Å². The molecule has 0 aliphatic rings. The van der Waals surface area contributed by atoms with Crippen molar-refractivity contribution in [2.24, 2.45) is 0 Å². The molecule has 69 heavy (non-hydrogen) atoms. The summed E-state index contributed by atoms with van der Waals surface area (Å²) in [5.41, 5.74) is 10.1. The summed E-state index contributed by atoms with van der Waals surface area (Å²) in [5.74, 6) is 0.327. The number of carbonyl (C=O) groups is 2. The third-order valence-electron chi connectivity index (χ3n) is 12.8. The number of esters is 2. The molecule has 0 radical (unpaired) electrons. The molecular formula is C59H52N4O6. The minimum Gasteiger partial charge on any atom is -0.497 e. The number of para-hydroxylation sites is 2. The van der Waals surface area contributed by atoms with E-state index in [1.54, 1.807) is 14.2 Å². The summed E-state index contributed by atoms with van der Waals surface area (Å²) >= 11 is 0. The molecule has 0 bridgehead atoms. The van der Waals surface area contributed by atoms with E-state index in [1.807, 2.05) is 97.1 Å². The molecule has 0 unspecified atom stereocenters. The molecule has 10 aromatic rings. The van der Waals surface area contributed by atoms with Gasteiger partial charge in [0.25, 0.3) is 0 Å². The lowest BCUT2D eigenvalue weighted by molar-refractivity contribution is 0.0389. The zero-order valence-corrected chi connectivity index (χ0v) is 38.8. The average molecular weight is 913 g/mol. The standard InChI is InChI=1S/C59H52N4O6/c1-66-44-30-26-42(27-31-44)54-56-48(46-22-9-11-24-52(46)62(56)34-13-20-40-16-5-3-6-17-40)38-50(60-54)58(64)68-36-15-37-69-59(65)51-39-49-47-23-10-12-25-53(47)63(35-14-21-41-18-7-4-8-19-41)57(49)55(61-51)43-28-32-45(67-2)33-29-43/h3-12,16-19,22-33,38-39H,13-15,20-21,34-37H2,1-2H3. The molecule has 10 nitrogen and oxygen atoms in total. The molecule has 0 N–H and O–H groups in total. The number of methoxy groups -OCH3 is 2. The predicted octanol–water partition coefficient (Wildman–Crippen LogP) is 12.7. The maximum atomic E-state index is 13.9. The summed E-state index contributed by atoms with van der Waals surface area (Å²) in [5, 5.41) is 3.89. The Bertz CT molecular complexity index is 3190. The van der Waals surface area contributed by atoms with E-state index in [2.05, 4.69) is 81.9 Å². The van der Waals surface area contributed by atoms with Crippen LogP contribution < -0.4 is 9.47 Å². The first-order chi connectivity index (χ1) is 34.0. The number of pyridine rings is 2. The van der Waals surface area contributed by atoms with Gasteiger partial charge in [0.1, 0.15) is 22.9 Å². The van der Waals surface area contributed by atoms with E-state index >= 15 is 0 Å². The minimum absolute atomic E-state index is 0.0188. The van der Waals surface area contributed by atoms with Crippen molar-refractivity contribution in [3.63, 3.8) is 0 Å². The van der Waals surface area contributed by atoms with Gasteiger partial charge in [0, 0.05) is 63.2 Å². The number of hydrogen-bond acceptors (Lipinski definition) is 8. The normalized spacial score (nSPS) is 11.4. The monoisotopic (exact) mass is 912 g/mol. The van der Waals surface area contributed by atoms with Gasteiger partial charge in [0.2, 0.25) is 0 Å². The zero-order chi connectivity index (χ0) is 47.1. The van der Waals surface area contributed by atoms with Gasteiger partial charge in [0.15, 0.2) is 0 Å². The van der Waals surface area contributed by atoms with Crippen molar-refractivity contribution < 1.29 is 28.5 Å². The van der Waals surface area contributed by atoms with Crippen LogP contribution in [0.5, 0.6) is 11.5 Å². The first-order valence-corrected chi connectivity index (χ1v) is 23.5. The Kier molecular flexibility index (Phi) is 13.1. The van der Waals surface area contributed by atoms with Crippen molar-refractivity contribution in [1.82, 2.24) is 19.1 Å². The molecule has 0 fully saturated rings. The predicted molar refractivity (Wildman–Crippen MR) is 273 cm³/mol. The molecule has 10 heteroatoms. The van der Waals surface area contributed by atoms with Crippen molar-refractivity contribution in [2.75, 3.05) is 27.4 Å². The van der Waals surface area contributed by atoms with E-state index < -0.39 is 11.9 Å². The lowest BCUT2D eigenvalue weighted by Crippen LogP contribution is -2.13. The lowest BCUT2D eigenvalue weighted by atomic mass is 10.1. The number of fused-ring (bicyclic) bond motifs is 6. The van der Waals surface area contributed by atoms with Gasteiger partial charge in [-0.3, -0.25) is 0 Å². The number of rotatable bonds is 18. The maximum Gasteiger partial charge on any atom is 0.356 e. The smallest absolute Gasteiger partial charge is 0.356 e. The van der Waals surface area contributed by atoms with Crippen molar-refractivity contribution in [1.29, 1.82) is 0 Å². The van der Waals surface area contributed by atoms with Gasteiger partial charge in [0.05, 0.1) is 49.9 Å². The molecule has 10 rings (SSSR count). The van der Waals surface area contributed by atoms with E-state index in [0.717, 1.165) is 105 Å². The second-order valence-corrected chi connectivity index (χ2v) is 17.1. The Hall–Kier alpha value is -8.24. The Labute approximate surface area is 400 Å². The second-order valence-electron chi connectivity index (χ2n) is 17.1. The van der Waals surface area contributed by atoms with Gasteiger partial charge in [-0.2, -0.15) is 0 Å². The highest BCUT2D eigenvalue weighted by atomic mass is 16.5. The molecule has 0 aliphatic carbocycles. The van der Waals surface area contributed by atoms with Gasteiger partial charge in [-0.1, -0.05) is 97.1 Å². The minimum atomic E-state index is -0.560. The van der Waals surface area contributed by atoms with Crippen LogP contribution >= 0.6 is 0 Å². The summed E-state index contributed by atoms with van der Waals surface area (Å²) in [4.78, 5) is 37.8. The summed E-state index contributed by atoms with van der Waals surface area (Å²) in [7, 11) is 3.28. The Morgan fingerprint density at radius 1 is 0.449 bits per heavy atom. The fourth-order valence-electron chi connectivity index (χ4n) is 9.43. The number of ether oxygens (including phenoxy) is 4. The van der Waals surface area contributed by atoms with Crippen LogP contribution in [-0.2, 0) is 35.4 Å². The zero-order valence-electron chi connectivity index (χ0n) is 38.8. The van der Waals surface area contributed by atoms with E-state index in [1.165, 1.54) is 11.1 Å². The Balaban J connectivity index is 0.882. The Morgan fingerprint density at radius 3 is 1.25 bits per heavy atom. The fraction of sp³-hybridized carbons (Fsp3) is 0.186. The van der Waals surface area contributed by atoms with Crippen LogP contribution in [0.15, 0.2) is 170 Å². The molecule has 344 valence electrons. The molecule has 0 saturated heterocycles. The highest BCUT2D eigenvalue weighted by molar-refractivity contribution is 6.15. The third kappa shape index (κ3) is 9.38. The average Bonchev–Trinajstić information content (AvgIpc) is 3.90. The van der Waals surface area contributed by atoms with Gasteiger partial charge in [-0.15, -0.1) is 0 Å². The molecule has 0 spiro atoms. The van der Waals surface area contributed by atoms with Crippen LogP contribution in [-0.4, -0.2) is 58.5 Å². The van der Waals surface area contributed by atoms with Crippen LogP contribution in [0.1, 0.15) is 51.4 Å². The molecule has 0 atom stereocenters. The molecule has 0 saturated carbocycles. The quantitative estimate of drug-likeness (QED) is 0.0619. The molecule has 4 heterocycles. The number of carbonyl (C=O) groups excluding carboxylic acids is 2. The first-order valence-electron chi connectivity index (χ1n) is 23.5. The van der Waals surface area contributed by atoms with E-state index in [9.17, 15) is 9.59 Å². The van der Waals surface area contributed by atoms with Crippen molar-refractivity contribution in [2.45, 2.75) is 45.2 Å². The number of aryl methyl sites for hydroxylation is 4. The third-order valence-corrected chi connectivity index (χ3v) is 12.8. The highest BCUT2D eigenvalue weighted by Gasteiger charge is 2.23. The van der Waals surface area contributed by atoms with Crippen LogP contribution in [0, 0.1) is 0 Å². The molecular weight excluding hydrogens is 861 g/mol. The van der Waals surface area contributed by atoms with E-state index in [4.69, 9.17) is 28.9 Å². The van der Waals surface area contributed by atoms with Gasteiger partial charge in [-0.25, -0.2) is 19.6 Å². The first kappa shape index (κ1) is 44.6. The number of nitrogens with zero attached hydrogens (tertiary/aromatic N) is 4. The van der Waals surface area contributed by atoms with Gasteiger partial charge < -0.3 is 28.1 Å². The molecule has 0 amide bonds. The summed E-state index contributed by atoms with van der Waals surface area (Å²) < 4.78 is 27.3. The SMILES string of the molecule is COc1ccc(-c2nc(C(=O)OCCCOC(=O)c3cc4c5ccccc5n(CCCc5ccccc5)c4c(-c4ccc(OC)cc4)n3)cc3c4ccccc4n(CCCc4ccccc4)c23)cc1. The Morgan fingerprint density at radius 2 is 0.841 bits per heavy atom. The summed E-state index contributed by atoms with van der Waals surface area (Å²) in [6, 6.07) is 56.7. The van der Waals surface area contributed by atoms with E-state index in [0.29, 0.717) is 11.4 Å². The van der Waals surface area contributed by atoms with Crippen LogP contribution in [0.4, 0.5) is 0 Å². The van der Waals surface area contributed by atoms with Crippen LogP contribution in [0.3, 0.4) is 0 Å². The number of benzene rings is 6. The van der Waals surface area contributed by atoms with Crippen molar-refractivity contribution in [3.8, 4) is 34.0 Å². The molecule has 6 aromatic carbocycles. The van der Waals surface area contributed by atoms with Crippen LogP contribution in [0.2, 0.25) is 0 Å². The lowest BCUT2D eigenvalue weighted by Gasteiger charge is -2.13. The second kappa shape index (κ2) is 20.3. The van der Waals surface area contributed by atoms with Crippen molar-refractivity contribution >= 4 is 55.6 Å². The van der Waals surface area contributed by atoms with Crippen LogP contribution in [0.25, 0.3) is 66.1 Å². The summed E-state index contributed by atoms with van der Waals surface area (Å²) in [6.45, 7) is 1.56. The molecule has 0 aliphatic heterocycles. The largest absolute Gasteiger partial charge is 0.497 e. The number of aromatic nitrogens is 4. The summed E-state index contributed by atoms with van der Waals surface area (Å²) in [6.07, 6.45) is 3.97. The van der Waals surface area contributed by atoms with E-state index in [-0.39, 0.29) is 31.0 Å². The maximum absolute atomic E-state index is 13.9.